The maximum Gasteiger partial charge on any atom is 0.265 e. The van der Waals surface area contributed by atoms with E-state index in [4.69, 9.17) is 9.72 Å². The van der Waals surface area contributed by atoms with Crippen molar-refractivity contribution in [3.8, 4) is 17.0 Å². The summed E-state index contributed by atoms with van der Waals surface area (Å²) in [6, 6.07) is 7.87. The molecular formula is C20H23N3O2S. The number of carbonyl (C=O) groups is 1. The van der Waals surface area contributed by atoms with Gasteiger partial charge in [-0.15, -0.1) is 0 Å². The number of amides is 1. The van der Waals surface area contributed by atoms with E-state index in [0.29, 0.717) is 5.92 Å². The van der Waals surface area contributed by atoms with Crippen LogP contribution in [0.4, 0.5) is 0 Å². The molecule has 1 aromatic carbocycles. The molecule has 3 heterocycles. The number of hydrogen-bond donors (Lipinski definition) is 0. The summed E-state index contributed by atoms with van der Waals surface area (Å²) in [5.74, 6) is 1.69. The van der Waals surface area contributed by atoms with E-state index in [-0.39, 0.29) is 5.91 Å². The maximum absolute atomic E-state index is 12.9. The molecule has 0 aliphatic carbocycles. The molecule has 0 atom stereocenters. The van der Waals surface area contributed by atoms with Crippen molar-refractivity contribution in [2.24, 2.45) is 5.92 Å². The number of methoxy groups -OCH3 is 1. The van der Waals surface area contributed by atoms with Crippen LogP contribution >= 0.6 is 11.3 Å². The lowest BCUT2D eigenvalue weighted by molar-refractivity contribution is 0.0701. The van der Waals surface area contributed by atoms with E-state index in [1.807, 2.05) is 46.7 Å². The maximum atomic E-state index is 12.9. The molecule has 0 saturated carbocycles. The van der Waals surface area contributed by atoms with Gasteiger partial charge in [0.1, 0.15) is 10.6 Å². The van der Waals surface area contributed by atoms with Gasteiger partial charge >= 0.3 is 0 Å². The highest BCUT2D eigenvalue weighted by atomic mass is 32.1. The van der Waals surface area contributed by atoms with Crippen LogP contribution in [0.5, 0.6) is 5.75 Å². The summed E-state index contributed by atoms with van der Waals surface area (Å²) >= 11 is 1.49. The van der Waals surface area contributed by atoms with Crippen molar-refractivity contribution in [2.45, 2.75) is 26.7 Å². The smallest absolute Gasteiger partial charge is 0.265 e. The van der Waals surface area contributed by atoms with Crippen molar-refractivity contribution < 1.29 is 9.53 Å². The van der Waals surface area contributed by atoms with E-state index in [1.165, 1.54) is 11.3 Å². The van der Waals surface area contributed by atoms with Crippen molar-refractivity contribution in [3.63, 3.8) is 0 Å². The number of piperidine rings is 1. The molecule has 136 valence electrons. The number of aromatic nitrogens is 2. The van der Waals surface area contributed by atoms with E-state index in [1.54, 1.807) is 7.11 Å². The van der Waals surface area contributed by atoms with Gasteiger partial charge in [0.15, 0.2) is 4.96 Å². The Hall–Kier alpha value is -2.34. The van der Waals surface area contributed by atoms with Crippen LogP contribution in [0.3, 0.4) is 0 Å². The lowest BCUT2D eigenvalue weighted by Gasteiger charge is -2.30. The summed E-state index contributed by atoms with van der Waals surface area (Å²) in [5.41, 5.74) is 2.92. The summed E-state index contributed by atoms with van der Waals surface area (Å²) in [6.07, 6.45) is 4.20. The molecule has 0 unspecified atom stereocenters. The Kier molecular flexibility index (Phi) is 4.44. The van der Waals surface area contributed by atoms with Crippen molar-refractivity contribution in [1.29, 1.82) is 0 Å². The molecule has 0 N–H and O–H groups in total. The molecule has 1 amide bonds. The lowest BCUT2D eigenvalue weighted by atomic mass is 9.99. The van der Waals surface area contributed by atoms with Crippen LogP contribution in [0.25, 0.3) is 16.2 Å². The van der Waals surface area contributed by atoms with Crippen LogP contribution in [0.1, 0.15) is 35.1 Å². The van der Waals surface area contributed by atoms with E-state index < -0.39 is 0 Å². The highest BCUT2D eigenvalue weighted by Crippen LogP contribution is 2.29. The summed E-state index contributed by atoms with van der Waals surface area (Å²) in [6.45, 7) is 5.98. The molecule has 2 aromatic heterocycles. The molecule has 26 heavy (non-hydrogen) atoms. The molecule has 3 aromatic rings. The Morgan fingerprint density at radius 3 is 2.54 bits per heavy atom. The molecule has 0 radical (unpaired) electrons. The quantitative estimate of drug-likeness (QED) is 0.693. The number of thiazole rings is 1. The third kappa shape index (κ3) is 2.98. The molecule has 1 fully saturated rings. The van der Waals surface area contributed by atoms with Crippen LogP contribution in [0.15, 0.2) is 30.5 Å². The highest BCUT2D eigenvalue weighted by Gasteiger charge is 2.25. The second kappa shape index (κ2) is 6.76. The molecule has 1 aliphatic rings. The van der Waals surface area contributed by atoms with Crippen LogP contribution < -0.4 is 4.74 Å². The third-order valence-corrected chi connectivity index (χ3v) is 6.35. The number of imidazole rings is 1. The number of hydrogen-bond acceptors (Lipinski definition) is 4. The van der Waals surface area contributed by atoms with Crippen LogP contribution in [0, 0.1) is 12.8 Å². The summed E-state index contributed by atoms with van der Waals surface area (Å²) in [5, 5.41) is 0. The third-order valence-electron chi connectivity index (χ3n) is 5.21. The Bertz CT molecular complexity index is 934. The van der Waals surface area contributed by atoms with Crippen molar-refractivity contribution in [2.75, 3.05) is 20.2 Å². The lowest BCUT2D eigenvalue weighted by Crippen LogP contribution is -2.37. The second-order valence-electron chi connectivity index (χ2n) is 7.00. The molecular weight excluding hydrogens is 346 g/mol. The van der Waals surface area contributed by atoms with Crippen LogP contribution in [-0.2, 0) is 0 Å². The van der Waals surface area contributed by atoms with E-state index in [9.17, 15) is 4.79 Å². The summed E-state index contributed by atoms with van der Waals surface area (Å²) < 4.78 is 7.24. The zero-order valence-corrected chi connectivity index (χ0v) is 16.2. The van der Waals surface area contributed by atoms with E-state index >= 15 is 0 Å². The van der Waals surface area contributed by atoms with Gasteiger partial charge in [-0.2, -0.15) is 0 Å². The zero-order chi connectivity index (χ0) is 18.3. The van der Waals surface area contributed by atoms with Gasteiger partial charge in [-0.3, -0.25) is 9.20 Å². The van der Waals surface area contributed by atoms with Gasteiger partial charge in [0.25, 0.3) is 5.91 Å². The minimum absolute atomic E-state index is 0.149. The van der Waals surface area contributed by atoms with Gasteiger partial charge in [-0.05, 0) is 49.9 Å². The average molecular weight is 369 g/mol. The highest BCUT2D eigenvalue weighted by molar-refractivity contribution is 7.19. The van der Waals surface area contributed by atoms with Crippen LogP contribution in [0.2, 0.25) is 0 Å². The summed E-state index contributed by atoms with van der Waals surface area (Å²) in [7, 11) is 1.66. The number of ether oxygens (including phenoxy) is 1. The standard InChI is InChI=1S/C20H23N3O2S/c1-13-8-10-22(11-9-13)19(24)18-14(2)23-12-17(21-20(23)26-18)15-4-6-16(25-3)7-5-15/h4-7,12-13H,8-11H2,1-3H3. The minimum atomic E-state index is 0.149. The number of nitrogens with zero attached hydrogens (tertiary/aromatic N) is 3. The van der Waals surface area contributed by atoms with Gasteiger partial charge in [0.2, 0.25) is 0 Å². The first kappa shape index (κ1) is 17.1. The molecule has 0 spiro atoms. The predicted molar refractivity (Wildman–Crippen MR) is 104 cm³/mol. The van der Waals surface area contributed by atoms with Crippen molar-refractivity contribution in [1.82, 2.24) is 14.3 Å². The van der Waals surface area contributed by atoms with E-state index in [0.717, 1.165) is 58.5 Å². The first-order chi connectivity index (χ1) is 12.6. The number of benzene rings is 1. The van der Waals surface area contributed by atoms with Crippen LogP contribution in [-0.4, -0.2) is 40.4 Å². The molecule has 1 aliphatic heterocycles. The number of carbonyl (C=O) groups excluding carboxylic acids is 1. The van der Waals surface area contributed by atoms with Crippen molar-refractivity contribution >= 4 is 22.2 Å². The Morgan fingerprint density at radius 2 is 1.92 bits per heavy atom. The molecule has 1 saturated heterocycles. The zero-order valence-electron chi connectivity index (χ0n) is 15.4. The fourth-order valence-corrected chi connectivity index (χ4v) is 4.48. The monoisotopic (exact) mass is 369 g/mol. The SMILES string of the molecule is COc1ccc(-c2cn3c(C)c(C(=O)N4CCC(C)CC4)sc3n2)cc1. The van der Waals surface area contributed by atoms with Gasteiger partial charge < -0.3 is 9.64 Å². The molecule has 4 rings (SSSR count). The first-order valence-corrected chi connectivity index (χ1v) is 9.80. The molecule has 0 bridgehead atoms. The average Bonchev–Trinajstić information content (AvgIpc) is 3.21. The number of rotatable bonds is 3. The molecule has 6 heteroatoms. The van der Waals surface area contributed by atoms with Crippen molar-refractivity contribution in [3.05, 3.63) is 41.0 Å². The Morgan fingerprint density at radius 1 is 1.23 bits per heavy atom. The first-order valence-electron chi connectivity index (χ1n) is 8.99. The fraction of sp³-hybridized carbons (Fsp3) is 0.400. The Labute approximate surface area is 157 Å². The van der Waals surface area contributed by atoms with Gasteiger partial charge in [0.05, 0.1) is 12.8 Å². The largest absolute Gasteiger partial charge is 0.497 e. The number of fused-ring (bicyclic) bond motifs is 1. The second-order valence-corrected chi connectivity index (χ2v) is 7.98. The topological polar surface area (TPSA) is 46.8 Å². The summed E-state index contributed by atoms with van der Waals surface area (Å²) in [4.78, 5) is 21.3. The van der Waals surface area contributed by atoms with Gasteiger partial charge in [-0.25, -0.2) is 4.98 Å². The van der Waals surface area contributed by atoms with Gasteiger partial charge in [-0.1, -0.05) is 18.3 Å². The minimum Gasteiger partial charge on any atom is -0.497 e. The predicted octanol–water partition coefficient (Wildman–Crippen LogP) is 4.25. The molecule has 5 nitrogen and oxygen atoms in total. The Balaban J connectivity index is 1.62. The number of aryl methyl sites for hydroxylation is 1. The number of likely N-dealkylation sites (tertiary alicyclic amines) is 1. The van der Waals surface area contributed by atoms with Gasteiger partial charge in [0, 0.05) is 30.5 Å². The van der Waals surface area contributed by atoms with E-state index in [2.05, 4.69) is 6.92 Å². The fourth-order valence-electron chi connectivity index (χ4n) is 3.40. The normalized spacial score (nSPS) is 15.6.